The molecule has 3 rings (SSSR count). The summed E-state index contributed by atoms with van der Waals surface area (Å²) in [5, 5.41) is 16.3. The van der Waals surface area contributed by atoms with Crippen LogP contribution >= 0.6 is 11.3 Å². The van der Waals surface area contributed by atoms with Crippen LogP contribution in [0, 0.1) is 11.3 Å². The van der Waals surface area contributed by atoms with Crippen molar-refractivity contribution in [2.24, 2.45) is 0 Å². The summed E-state index contributed by atoms with van der Waals surface area (Å²) in [6, 6.07) is 4.09. The second-order valence-corrected chi connectivity index (χ2v) is 7.99. The molecule has 8 heteroatoms. The summed E-state index contributed by atoms with van der Waals surface area (Å²) in [4.78, 5) is 27.0. The second kappa shape index (κ2) is 10.8. The lowest BCUT2D eigenvalue weighted by Crippen LogP contribution is -2.37. The molecule has 2 aromatic rings. The predicted molar refractivity (Wildman–Crippen MR) is 117 cm³/mol. The van der Waals surface area contributed by atoms with Crippen LogP contribution in [0.25, 0.3) is 0 Å². The molecule has 0 bridgehead atoms. The van der Waals surface area contributed by atoms with Crippen LogP contribution in [-0.4, -0.2) is 37.7 Å². The van der Waals surface area contributed by atoms with Gasteiger partial charge in [0.15, 0.2) is 0 Å². The molecule has 0 amide bonds. The molecule has 1 aliphatic heterocycles. The molecule has 0 saturated carbocycles. The molecule has 1 fully saturated rings. The van der Waals surface area contributed by atoms with E-state index in [0.717, 1.165) is 12.3 Å². The Hall–Kier alpha value is -2.63. The Morgan fingerprint density at radius 2 is 1.90 bits per heavy atom. The number of likely N-dealkylation sites (tertiary alicyclic amines) is 1. The van der Waals surface area contributed by atoms with Crippen LogP contribution in [0.4, 0.5) is 11.4 Å². The predicted octanol–water partition coefficient (Wildman–Crippen LogP) is 2.70. The van der Waals surface area contributed by atoms with Crippen molar-refractivity contribution in [2.75, 3.05) is 43.4 Å². The minimum atomic E-state index is -0.532. The zero-order valence-corrected chi connectivity index (χ0v) is 17.2. The van der Waals surface area contributed by atoms with E-state index >= 15 is 0 Å². The summed E-state index contributed by atoms with van der Waals surface area (Å²) in [6.07, 6.45) is 7.94. The summed E-state index contributed by atoms with van der Waals surface area (Å²) in [5.41, 5.74) is -0.489. The van der Waals surface area contributed by atoms with Crippen molar-refractivity contribution >= 4 is 22.7 Å². The Balaban J connectivity index is 1.36. The van der Waals surface area contributed by atoms with Gasteiger partial charge in [-0.3, -0.25) is 14.5 Å². The Bertz CT molecular complexity index is 931. The van der Waals surface area contributed by atoms with Gasteiger partial charge in [0, 0.05) is 29.9 Å². The fourth-order valence-electron chi connectivity index (χ4n) is 3.29. The summed E-state index contributed by atoms with van der Waals surface area (Å²) >= 11 is 1.73. The minimum absolute atomic E-state index is 0.273. The van der Waals surface area contributed by atoms with Gasteiger partial charge in [-0.2, -0.15) is 5.26 Å². The molecular formula is C21H26N4O3S. The molecule has 0 atom stereocenters. The molecular weight excluding hydrogens is 388 g/mol. The molecule has 2 N–H and O–H groups in total. The van der Waals surface area contributed by atoms with Crippen molar-refractivity contribution in [3.63, 3.8) is 0 Å². The molecule has 1 aromatic heterocycles. The Morgan fingerprint density at radius 3 is 2.66 bits per heavy atom. The highest BCUT2D eigenvalue weighted by atomic mass is 32.1. The molecule has 0 unspecified atom stereocenters. The maximum Gasteiger partial charge on any atom is 0.253 e. The summed E-state index contributed by atoms with van der Waals surface area (Å²) in [5.74, 6) is 0.881. The van der Waals surface area contributed by atoms with Crippen molar-refractivity contribution in [2.45, 2.75) is 32.2 Å². The number of nitrogens with zero attached hydrogens (tertiary/aromatic N) is 2. The van der Waals surface area contributed by atoms with Gasteiger partial charge >= 0.3 is 0 Å². The fourth-order valence-corrected chi connectivity index (χ4v) is 4.13. The average molecular weight is 415 g/mol. The van der Waals surface area contributed by atoms with Crippen LogP contribution in [-0.2, 0) is 6.54 Å². The van der Waals surface area contributed by atoms with Gasteiger partial charge in [-0.15, -0.1) is 11.3 Å². The van der Waals surface area contributed by atoms with Gasteiger partial charge in [0.1, 0.15) is 23.7 Å². The maximum atomic E-state index is 11.6. The largest absolute Gasteiger partial charge is 0.489 e. The lowest BCUT2D eigenvalue weighted by Gasteiger charge is -2.25. The van der Waals surface area contributed by atoms with Gasteiger partial charge in [-0.1, -0.05) is 12.5 Å². The van der Waals surface area contributed by atoms with E-state index in [1.54, 1.807) is 11.3 Å². The van der Waals surface area contributed by atoms with Crippen molar-refractivity contribution in [3.05, 3.63) is 48.9 Å². The maximum absolute atomic E-state index is 11.6. The second-order valence-electron chi connectivity index (χ2n) is 6.99. The average Bonchev–Trinajstić information content (AvgIpc) is 3.19. The lowest BCUT2D eigenvalue weighted by molar-refractivity contribution is 0.222. The quantitative estimate of drug-likeness (QED) is 0.332. The summed E-state index contributed by atoms with van der Waals surface area (Å²) in [7, 11) is 0. The number of piperidine rings is 1. The van der Waals surface area contributed by atoms with Crippen molar-refractivity contribution < 1.29 is 4.74 Å². The first kappa shape index (κ1) is 21.1. The molecule has 1 aliphatic rings. The number of hydrogen-bond acceptors (Lipinski definition) is 8. The molecule has 0 aliphatic carbocycles. The third kappa shape index (κ3) is 5.92. The van der Waals surface area contributed by atoms with Crippen molar-refractivity contribution in [3.8, 4) is 11.8 Å². The zero-order chi connectivity index (χ0) is 20.5. The van der Waals surface area contributed by atoms with Gasteiger partial charge in [0.25, 0.3) is 10.9 Å². The van der Waals surface area contributed by atoms with Gasteiger partial charge < -0.3 is 15.4 Å². The SMILES string of the molecule is N#CCCNc1c(NC/C=C\COc2csc(CN3CCCCC3)c2)c(=O)c1=O. The highest BCUT2D eigenvalue weighted by Crippen LogP contribution is 2.24. The molecule has 1 aromatic carbocycles. The van der Waals surface area contributed by atoms with E-state index in [0.29, 0.717) is 25.4 Å². The molecule has 0 spiro atoms. The molecule has 0 radical (unpaired) electrons. The molecule has 1 saturated heterocycles. The first-order valence-corrected chi connectivity index (χ1v) is 10.8. The molecule has 154 valence electrons. The molecule has 7 nitrogen and oxygen atoms in total. The van der Waals surface area contributed by atoms with E-state index in [9.17, 15) is 9.59 Å². The van der Waals surface area contributed by atoms with Gasteiger partial charge in [-0.05, 0) is 38.1 Å². The van der Waals surface area contributed by atoms with E-state index in [2.05, 4.69) is 21.6 Å². The highest BCUT2D eigenvalue weighted by molar-refractivity contribution is 7.10. The standard InChI is InChI=1S/C21H26N4O3S/c22-7-6-9-24-19-18(20(26)21(19)27)23-8-2-5-12-28-16-13-17(29-15-16)14-25-10-3-1-4-11-25/h2,5,13,15,23-24H,1,3-4,6,8-12,14H2/b5-2-. The van der Waals surface area contributed by atoms with Crippen LogP contribution in [0.1, 0.15) is 30.6 Å². The third-order valence-electron chi connectivity index (χ3n) is 4.82. The zero-order valence-electron chi connectivity index (χ0n) is 16.4. The van der Waals surface area contributed by atoms with Crippen LogP contribution in [0.5, 0.6) is 5.75 Å². The van der Waals surface area contributed by atoms with E-state index in [4.69, 9.17) is 10.00 Å². The van der Waals surface area contributed by atoms with Gasteiger partial charge in [0.2, 0.25) is 0 Å². The van der Waals surface area contributed by atoms with Crippen LogP contribution in [0.15, 0.2) is 33.2 Å². The summed E-state index contributed by atoms with van der Waals surface area (Å²) in [6.45, 7) is 4.58. The van der Waals surface area contributed by atoms with E-state index in [1.807, 2.05) is 23.6 Å². The number of hydrogen-bond donors (Lipinski definition) is 2. The molecule has 2 heterocycles. The number of ether oxygens (including phenoxy) is 1. The van der Waals surface area contributed by atoms with Crippen molar-refractivity contribution in [1.82, 2.24) is 4.90 Å². The Kier molecular flexibility index (Phi) is 7.85. The third-order valence-corrected chi connectivity index (χ3v) is 5.72. The van der Waals surface area contributed by atoms with Crippen LogP contribution in [0.3, 0.4) is 0 Å². The van der Waals surface area contributed by atoms with Gasteiger partial charge in [0.05, 0.1) is 12.5 Å². The van der Waals surface area contributed by atoms with E-state index in [1.165, 1.54) is 37.2 Å². The summed E-state index contributed by atoms with van der Waals surface area (Å²) < 4.78 is 5.75. The van der Waals surface area contributed by atoms with Crippen LogP contribution in [0.2, 0.25) is 0 Å². The van der Waals surface area contributed by atoms with Crippen molar-refractivity contribution in [1.29, 1.82) is 5.26 Å². The first-order chi connectivity index (χ1) is 14.2. The molecule has 29 heavy (non-hydrogen) atoms. The number of rotatable bonds is 11. The topological polar surface area (TPSA) is 94.5 Å². The minimum Gasteiger partial charge on any atom is -0.489 e. The highest BCUT2D eigenvalue weighted by Gasteiger charge is 2.19. The van der Waals surface area contributed by atoms with Gasteiger partial charge in [-0.25, -0.2) is 0 Å². The number of nitriles is 1. The monoisotopic (exact) mass is 414 g/mol. The Morgan fingerprint density at radius 1 is 1.14 bits per heavy atom. The first-order valence-electron chi connectivity index (χ1n) is 9.94. The normalized spacial score (nSPS) is 14.9. The number of anilines is 2. The fraction of sp³-hybridized carbons (Fsp3) is 0.476. The smallest absolute Gasteiger partial charge is 0.253 e. The van der Waals surface area contributed by atoms with E-state index in [-0.39, 0.29) is 12.1 Å². The number of nitrogens with one attached hydrogen (secondary N) is 2. The number of thiophene rings is 1. The lowest BCUT2D eigenvalue weighted by atomic mass is 10.1. The van der Waals surface area contributed by atoms with E-state index < -0.39 is 10.9 Å². The van der Waals surface area contributed by atoms with Crippen LogP contribution < -0.4 is 26.2 Å². The Labute approximate surface area is 174 Å².